The van der Waals surface area contributed by atoms with Crippen molar-refractivity contribution >= 4 is 11.6 Å². The molecule has 0 fully saturated rings. The maximum absolute atomic E-state index is 13.0. The highest BCUT2D eigenvalue weighted by Gasteiger charge is 2.18. The van der Waals surface area contributed by atoms with Gasteiger partial charge in [0.15, 0.2) is 11.6 Å². The van der Waals surface area contributed by atoms with Crippen LogP contribution < -0.4 is 5.73 Å². The van der Waals surface area contributed by atoms with Crippen molar-refractivity contribution in [2.24, 2.45) is 0 Å². The molecule has 8 heteroatoms. The van der Waals surface area contributed by atoms with E-state index in [2.05, 4.69) is 44.1 Å². The lowest BCUT2D eigenvalue weighted by atomic mass is 10.0. The number of nitrogen functional groups attached to an aromatic ring is 1. The molecule has 0 aliphatic heterocycles. The summed E-state index contributed by atoms with van der Waals surface area (Å²) in [4.78, 5) is 29.8. The molecule has 0 atom stereocenters. The topological polar surface area (TPSA) is 112 Å². The van der Waals surface area contributed by atoms with Crippen LogP contribution in [0.1, 0.15) is 35.0 Å². The number of benzene rings is 1. The van der Waals surface area contributed by atoms with Gasteiger partial charge in [-0.2, -0.15) is 5.10 Å². The number of aryl methyl sites for hydroxylation is 1. The highest BCUT2D eigenvalue weighted by Crippen LogP contribution is 2.21. The van der Waals surface area contributed by atoms with Crippen LogP contribution in [-0.2, 0) is 12.8 Å². The van der Waals surface area contributed by atoms with Gasteiger partial charge in [0, 0.05) is 29.9 Å². The summed E-state index contributed by atoms with van der Waals surface area (Å²) in [6, 6.07) is 9.89. The van der Waals surface area contributed by atoms with Crippen LogP contribution in [0.4, 0.5) is 5.82 Å². The molecule has 0 saturated heterocycles. The zero-order valence-electron chi connectivity index (χ0n) is 16.6. The average Bonchev–Trinajstić information content (AvgIpc) is 3.30. The van der Waals surface area contributed by atoms with Crippen LogP contribution in [0.3, 0.4) is 0 Å². The van der Waals surface area contributed by atoms with E-state index in [-0.39, 0.29) is 23.7 Å². The Bertz CT molecular complexity index is 1150. The van der Waals surface area contributed by atoms with E-state index in [1.165, 1.54) is 11.9 Å². The average molecular weight is 399 g/mol. The fourth-order valence-electron chi connectivity index (χ4n) is 3.24. The minimum absolute atomic E-state index is 0.0702. The summed E-state index contributed by atoms with van der Waals surface area (Å²) in [5.41, 5.74) is 10.3. The molecule has 0 radical (unpaired) electrons. The maximum atomic E-state index is 13.0. The first kappa shape index (κ1) is 19.4. The van der Waals surface area contributed by atoms with Crippen LogP contribution in [0, 0.1) is 0 Å². The molecule has 0 aliphatic rings. The fraction of sp³-hybridized carbons (Fsp3) is 0.182. The number of nitrogens with zero attached hydrogens (tertiary/aromatic N) is 6. The molecule has 4 aromatic rings. The molecule has 0 aliphatic carbocycles. The number of aromatic nitrogens is 6. The molecular weight excluding hydrogens is 378 g/mol. The number of nitrogens with two attached hydrogens (primary N) is 1. The highest BCUT2D eigenvalue weighted by molar-refractivity contribution is 6.00. The first-order valence-electron chi connectivity index (χ1n) is 9.68. The first-order chi connectivity index (χ1) is 14.7. The number of rotatable bonds is 7. The standard InChI is InChI=1S/C22H21N7O/c1-2-3-15-4-6-16(7-5-15)18-12-26-22(23)21(28-18)20(30)10-17-11-24-9-8-19(17)29-14-25-13-27-29/h4-9,11-14H,2-3,10H2,1H3,(H2,23,26). The van der Waals surface area contributed by atoms with E-state index in [0.717, 1.165) is 24.1 Å². The van der Waals surface area contributed by atoms with Crippen LogP contribution >= 0.6 is 0 Å². The third kappa shape index (κ3) is 4.07. The Morgan fingerprint density at radius 3 is 2.67 bits per heavy atom. The van der Waals surface area contributed by atoms with E-state index in [0.29, 0.717) is 11.3 Å². The van der Waals surface area contributed by atoms with Crippen LogP contribution in [0.15, 0.2) is 61.6 Å². The number of Topliss-reactive ketones (excluding diaryl/α,β-unsaturated/α-hetero) is 1. The Balaban J connectivity index is 1.62. The normalized spacial score (nSPS) is 10.8. The molecule has 2 N–H and O–H groups in total. The molecule has 0 amide bonds. The summed E-state index contributed by atoms with van der Waals surface area (Å²) in [6.45, 7) is 2.15. The van der Waals surface area contributed by atoms with Gasteiger partial charge in [-0.3, -0.25) is 9.78 Å². The van der Waals surface area contributed by atoms with Crippen molar-refractivity contribution < 1.29 is 4.79 Å². The van der Waals surface area contributed by atoms with E-state index >= 15 is 0 Å². The van der Waals surface area contributed by atoms with Gasteiger partial charge in [0.1, 0.15) is 18.3 Å². The van der Waals surface area contributed by atoms with Gasteiger partial charge in [0.25, 0.3) is 0 Å². The highest BCUT2D eigenvalue weighted by atomic mass is 16.1. The van der Waals surface area contributed by atoms with Crippen LogP contribution in [0.5, 0.6) is 0 Å². The number of ketones is 1. The fourth-order valence-corrected chi connectivity index (χ4v) is 3.24. The smallest absolute Gasteiger partial charge is 0.189 e. The minimum Gasteiger partial charge on any atom is -0.382 e. The quantitative estimate of drug-likeness (QED) is 0.475. The molecule has 0 bridgehead atoms. The Morgan fingerprint density at radius 1 is 1.10 bits per heavy atom. The van der Waals surface area contributed by atoms with E-state index in [1.807, 2.05) is 12.1 Å². The zero-order valence-corrected chi connectivity index (χ0v) is 16.6. The van der Waals surface area contributed by atoms with Crippen molar-refractivity contribution in [2.75, 3.05) is 5.73 Å². The summed E-state index contributed by atoms with van der Waals surface area (Å²) in [6.07, 6.45) is 10.1. The Labute approximate surface area is 173 Å². The number of carbonyl (C=O) groups is 1. The Morgan fingerprint density at radius 2 is 1.93 bits per heavy atom. The van der Waals surface area contributed by atoms with Crippen LogP contribution in [0.25, 0.3) is 16.9 Å². The summed E-state index contributed by atoms with van der Waals surface area (Å²) in [7, 11) is 0. The SMILES string of the molecule is CCCc1ccc(-c2cnc(N)c(C(=O)Cc3cnccc3-n3cncn3)n2)cc1. The van der Waals surface area contributed by atoms with Gasteiger partial charge < -0.3 is 5.73 Å². The predicted octanol–water partition coefficient (Wildman–Crippen LogP) is 3.08. The number of hydrogen-bond donors (Lipinski definition) is 1. The number of pyridine rings is 1. The number of hydrogen-bond acceptors (Lipinski definition) is 7. The molecule has 1 aromatic carbocycles. The van der Waals surface area contributed by atoms with Crippen molar-refractivity contribution in [2.45, 2.75) is 26.2 Å². The lowest BCUT2D eigenvalue weighted by Crippen LogP contribution is -2.13. The summed E-state index contributed by atoms with van der Waals surface area (Å²) in [5, 5.41) is 4.13. The zero-order chi connectivity index (χ0) is 20.9. The summed E-state index contributed by atoms with van der Waals surface area (Å²) >= 11 is 0. The van der Waals surface area contributed by atoms with Crippen molar-refractivity contribution in [3.63, 3.8) is 0 Å². The molecular formula is C22H21N7O. The Hall–Kier alpha value is -3.94. The second-order valence-corrected chi connectivity index (χ2v) is 6.88. The third-order valence-electron chi connectivity index (χ3n) is 4.75. The van der Waals surface area contributed by atoms with Crippen LogP contribution in [0.2, 0.25) is 0 Å². The summed E-state index contributed by atoms with van der Waals surface area (Å²) in [5.74, 6) is -0.128. The molecule has 150 valence electrons. The molecule has 0 spiro atoms. The van der Waals surface area contributed by atoms with Gasteiger partial charge in [0.2, 0.25) is 0 Å². The monoisotopic (exact) mass is 399 g/mol. The number of carbonyl (C=O) groups excluding carboxylic acids is 1. The van der Waals surface area contributed by atoms with Crippen molar-refractivity contribution in [1.29, 1.82) is 0 Å². The van der Waals surface area contributed by atoms with E-state index in [9.17, 15) is 4.79 Å². The minimum atomic E-state index is -0.237. The molecule has 0 saturated carbocycles. The van der Waals surface area contributed by atoms with E-state index in [1.54, 1.807) is 35.7 Å². The van der Waals surface area contributed by atoms with Crippen LogP contribution in [-0.4, -0.2) is 35.5 Å². The van der Waals surface area contributed by atoms with Crippen molar-refractivity contribution in [3.8, 4) is 16.9 Å². The first-order valence-corrected chi connectivity index (χ1v) is 9.68. The lowest BCUT2D eigenvalue weighted by Gasteiger charge is -2.10. The van der Waals surface area contributed by atoms with Crippen molar-refractivity contribution in [3.05, 3.63) is 78.4 Å². The third-order valence-corrected chi connectivity index (χ3v) is 4.75. The second-order valence-electron chi connectivity index (χ2n) is 6.88. The maximum Gasteiger partial charge on any atom is 0.189 e. The molecule has 8 nitrogen and oxygen atoms in total. The van der Waals surface area contributed by atoms with Gasteiger partial charge in [-0.1, -0.05) is 37.6 Å². The Kier molecular flexibility index (Phi) is 5.56. The van der Waals surface area contributed by atoms with Gasteiger partial charge in [-0.25, -0.2) is 19.6 Å². The molecule has 3 heterocycles. The van der Waals surface area contributed by atoms with Gasteiger partial charge in [-0.05, 0) is 18.1 Å². The predicted molar refractivity (Wildman–Crippen MR) is 113 cm³/mol. The summed E-state index contributed by atoms with van der Waals surface area (Å²) < 4.78 is 1.59. The van der Waals surface area contributed by atoms with E-state index in [4.69, 9.17) is 5.73 Å². The number of anilines is 1. The lowest BCUT2D eigenvalue weighted by molar-refractivity contribution is 0.0988. The molecule has 3 aromatic heterocycles. The molecule has 0 unspecified atom stereocenters. The van der Waals surface area contributed by atoms with Crippen molar-refractivity contribution in [1.82, 2.24) is 29.7 Å². The molecule has 4 rings (SSSR count). The van der Waals surface area contributed by atoms with Gasteiger partial charge >= 0.3 is 0 Å². The van der Waals surface area contributed by atoms with Gasteiger partial charge in [0.05, 0.1) is 17.6 Å². The van der Waals surface area contributed by atoms with E-state index < -0.39 is 0 Å². The molecule has 30 heavy (non-hydrogen) atoms. The van der Waals surface area contributed by atoms with Gasteiger partial charge in [-0.15, -0.1) is 0 Å². The largest absolute Gasteiger partial charge is 0.382 e. The second kappa shape index (κ2) is 8.60.